The predicted octanol–water partition coefficient (Wildman–Crippen LogP) is 2.13. The number of hydrogen-bond donors (Lipinski definition) is 1. The van der Waals surface area contributed by atoms with Crippen molar-refractivity contribution >= 4 is 23.6 Å². The van der Waals surface area contributed by atoms with E-state index in [1.807, 2.05) is 0 Å². The fraction of sp³-hybridized carbons (Fsp3) is 0.500. The predicted molar refractivity (Wildman–Crippen MR) is 88.4 cm³/mol. The van der Waals surface area contributed by atoms with Gasteiger partial charge in [-0.05, 0) is 31.9 Å². The zero-order valence-corrected chi connectivity index (χ0v) is 14.2. The maximum atomic E-state index is 11.8. The molecule has 0 radical (unpaired) electrons. The Morgan fingerprint density at radius 2 is 1.95 bits per heavy atom. The fourth-order valence-electron chi connectivity index (χ4n) is 1.94. The van der Waals surface area contributed by atoms with Crippen LogP contribution in [0.1, 0.15) is 23.6 Å². The van der Waals surface area contributed by atoms with Gasteiger partial charge in [0.05, 0.1) is 5.75 Å². The van der Waals surface area contributed by atoms with E-state index in [2.05, 4.69) is 37.4 Å². The number of carbonyl (C=O) groups is 2. The summed E-state index contributed by atoms with van der Waals surface area (Å²) in [6.07, 6.45) is 0. The summed E-state index contributed by atoms with van der Waals surface area (Å²) < 4.78 is 0. The van der Waals surface area contributed by atoms with Gasteiger partial charge in [-0.2, -0.15) is 0 Å². The molecule has 1 N–H and O–H groups in total. The topological polar surface area (TPSA) is 49.4 Å². The van der Waals surface area contributed by atoms with E-state index < -0.39 is 6.04 Å². The normalized spacial score (nSPS) is 11.9. The van der Waals surface area contributed by atoms with Gasteiger partial charge in [0.2, 0.25) is 11.8 Å². The van der Waals surface area contributed by atoms with E-state index in [4.69, 9.17) is 0 Å². The highest BCUT2D eigenvalue weighted by molar-refractivity contribution is 7.99. The average molecular weight is 308 g/mol. The Kier molecular flexibility index (Phi) is 6.75. The molecule has 5 heteroatoms. The van der Waals surface area contributed by atoms with Gasteiger partial charge in [-0.3, -0.25) is 9.59 Å². The van der Waals surface area contributed by atoms with Gasteiger partial charge in [-0.15, -0.1) is 11.8 Å². The van der Waals surface area contributed by atoms with E-state index in [1.54, 1.807) is 32.8 Å². The lowest BCUT2D eigenvalue weighted by molar-refractivity contribution is -0.133. The maximum Gasteiger partial charge on any atom is 0.244 e. The third-order valence-electron chi connectivity index (χ3n) is 3.18. The van der Waals surface area contributed by atoms with E-state index >= 15 is 0 Å². The molecule has 0 saturated heterocycles. The number of hydrogen-bond acceptors (Lipinski definition) is 3. The summed E-state index contributed by atoms with van der Waals surface area (Å²) in [7, 11) is 3.36. The van der Waals surface area contributed by atoms with Crippen molar-refractivity contribution in [3.05, 3.63) is 34.9 Å². The maximum absolute atomic E-state index is 11.8. The molecule has 0 aliphatic heterocycles. The van der Waals surface area contributed by atoms with Crippen LogP contribution in [0.25, 0.3) is 0 Å². The van der Waals surface area contributed by atoms with E-state index in [0.29, 0.717) is 5.75 Å². The summed E-state index contributed by atoms with van der Waals surface area (Å²) in [5.41, 5.74) is 3.72. The molecule has 0 aromatic heterocycles. The zero-order valence-electron chi connectivity index (χ0n) is 13.4. The van der Waals surface area contributed by atoms with Crippen molar-refractivity contribution in [2.45, 2.75) is 32.6 Å². The first-order valence-corrected chi connectivity index (χ1v) is 8.11. The highest BCUT2D eigenvalue weighted by Crippen LogP contribution is 2.17. The Morgan fingerprint density at radius 1 is 1.29 bits per heavy atom. The third kappa shape index (κ3) is 5.79. The van der Waals surface area contributed by atoms with Gasteiger partial charge in [-0.25, -0.2) is 0 Å². The van der Waals surface area contributed by atoms with Crippen molar-refractivity contribution in [1.29, 1.82) is 0 Å². The molecule has 0 bridgehead atoms. The summed E-state index contributed by atoms with van der Waals surface area (Å²) in [6, 6.07) is 5.86. The quantitative estimate of drug-likeness (QED) is 0.876. The standard InChI is InChI=1S/C16H24N2O2S/c1-11-6-7-12(2)14(8-11)9-21-10-15(19)17-13(3)16(20)18(4)5/h6-8,13H,9-10H2,1-5H3,(H,17,19). The molecule has 0 saturated carbocycles. The third-order valence-corrected chi connectivity index (χ3v) is 4.17. The largest absolute Gasteiger partial charge is 0.347 e. The summed E-state index contributed by atoms with van der Waals surface area (Å²) in [6.45, 7) is 5.84. The minimum absolute atomic E-state index is 0.0946. The van der Waals surface area contributed by atoms with Gasteiger partial charge >= 0.3 is 0 Å². The van der Waals surface area contributed by atoms with E-state index in [1.165, 1.54) is 21.6 Å². The van der Waals surface area contributed by atoms with Crippen molar-refractivity contribution in [3.8, 4) is 0 Å². The molecule has 21 heavy (non-hydrogen) atoms. The summed E-state index contributed by atoms with van der Waals surface area (Å²) >= 11 is 1.56. The molecule has 1 atom stereocenters. The minimum Gasteiger partial charge on any atom is -0.347 e. The van der Waals surface area contributed by atoms with Crippen LogP contribution in [0.4, 0.5) is 0 Å². The Labute approximate surface area is 131 Å². The number of thioether (sulfide) groups is 1. The Balaban J connectivity index is 2.40. The molecule has 116 valence electrons. The van der Waals surface area contributed by atoms with Gasteiger partial charge in [0, 0.05) is 19.8 Å². The van der Waals surface area contributed by atoms with Crippen molar-refractivity contribution < 1.29 is 9.59 Å². The summed E-state index contributed by atoms with van der Waals surface area (Å²) in [5.74, 6) is 0.964. The average Bonchev–Trinajstić information content (AvgIpc) is 2.41. The number of aryl methyl sites for hydroxylation is 2. The van der Waals surface area contributed by atoms with E-state index in [0.717, 1.165) is 5.75 Å². The van der Waals surface area contributed by atoms with Crippen LogP contribution in [0.3, 0.4) is 0 Å². The molecule has 1 unspecified atom stereocenters. The number of amides is 2. The number of rotatable bonds is 6. The van der Waals surface area contributed by atoms with Gasteiger partial charge in [0.1, 0.15) is 6.04 Å². The van der Waals surface area contributed by atoms with Gasteiger partial charge < -0.3 is 10.2 Å². The Bertz CT molecular complexity index is 515. The van der Waals surface area contributed by atoms with Crippen LogP contribution in [0.2, 0.25) is 0 Å². The number of likely N-dealkylation sites (N-methyl/N-ethyl adjacent to an activating group) is 1. The molecule has 1 aromatic carbocycles. The highest BCUT2D eigenvalue weighted by atomic mass is 32.2. The smallest absolute Gasteiger partial charge is 0.244 e. The monoisotopic (exact) mass is 308 g/mol. The van der Waals surface area contributed by atoms with Gasteiger partial charge in [0.25, 0.3) is 0 Å². The number of nitrogens with zero attached hydrogens (tertiary/aromatic N) is 1. The SMILES string of the molecule is Cc1ccc(C)c(CSCC(=O)NC(C)C(=O)N(C)C)c1. The molecule has 1 rings (SSSR count). The molecule has 0 aliphatic carbocycles. The number of nitrogens with one attached hydrogen (secondary N) is 1. The molecule has 4 nitrogen and oxygen atoms in total. The minimum atomic E-state index is -0.478. The number of carbonyl (C=O) groups excluding carboxylic acids is 2. The zero-order chi connectivity index (χ0) is 16.0. The lowest BCUT2D eigenvalue weighted by Crippen LogP contribution is -2.44. The van der Waals surface area contributed by atoms with Crippen LogP contribution in [0.15, 0.2) is 18.2 Å². The van der Waals surface area contributed by atoms with Gasteiger partial charge in [0.15, 0.2) is 0 Å². The molecule has 0 fully saturated rings. The fourth-order valence-corrected chi connectivity index (χ4v) is 2.84. The number of benzene rings is 1. The van der Waals surface area contributed by atoms with Crippen LogP contribution in [0.5, 0.6) is 0 Å². The van der Waals surface area contributed by atoms with Crippen LogP contribution in [-0.4, -0.2) is 42.6 Å². The molecular weight excluding hydrogens is 284 g/mol. The van der Waals surface area contributed by atoms with Crippen LogP contribution in [0, 0.1) is 13.8 Å². The second-order valence-electron chi connectivity index (χ2n) is 5.44. The Morgan fingerprint density at radius 3 is 2.57 bits per heavy atom. The molecule has 0 spiro atoms. The van der Waals surface area contributed by atoms with Crippen LogP contribution in [-0.2, 0) is 15.3 Å². The van der Waals surface area contributed by atoms with Crippen molar-refractivity contribution in [2.75, 3.05) is 19.8 Å². The van der Waals surface area contributed by atoms with E-state index in [-0.39, 0.29) is 11.8 Å². The van der Waals surface area contributed by atoms with Crippen LogP contribution >= 0.6 is 11.8 Å². The molecular formula is C16H24N2O2S. The molecule has 0 aliphatic rings. The molecule has 2 amide bonds. The lowest BCUT2D eigenvalue weighted by atomic mass is 10.1. The van der Waals surface area contributed by atoms with Crippen molar-refractivity contribution in [3.63, 3.8) is 0 Å². The molecule has 0 heterocycles. The first-order chi connectivity index (χ1) is 9.81. The van der Waals surface area contributed by atoms with Crippen molar-refractivity contribution in [1.82, 2.24) is 10.2 Å². The van der Waals surface area contributed by atoms with Gasteiger partial charge in [-0.1, -0.05) is 23.8 Å². The summed E-state index contributed by atoms with van der Waals surface area (Å²) in [5, 5.41) is 2.72. The Hall–Kier alpha value is -1.49. The van der Waals surface area contributed by atoms with Crippen molar-refractivity contribution in [2.24, 2.45) is 0 Å². The van der Waals surface area contributed by atoms with Crippen LogP contribution < -0.4 is 5.32 Å². The lowest BCUT2D eigenvalue weighted by Gasteiger charge is -2.17. The first-order valence-electron chi connectivity index (χ1n) is 6.95. The van der Waals surface area contributed by atoms with E-state index in [9.17, 15) is 9.59 Å². The first kappa shape index (κ1) is 17.6. The second kappa shape index (κ2) is 8.08. The highest BCUT2D eigenvalue weighted by Gasteiger charge is 2.16. The summed E-state index contributed by atoms with van der Waals surface area (Å²) in [4.78, 5) is 25.0. The second-order valence-corrected chi connectivity index (χ2v) is 6.43. The molecule has 1 aromatic rings.